The molecule has 2 aromatic heterocycles. The molecule has 152 valence electrons. The maximum atomic E-state index is 13.1. The summed E-state index contributed by atoms with van der Waals surface area (Å²) in [4.78, 5) is 38.5. The molecule has 0 bridgehead atoms. The lowest BCUT2D eigenvalue weighted by Crippen LogP contribution is -2.41. The molecule has 0 spiro atoms. The zero-order valence-electron chi connectivity index (χ0n) is 16.1. The van der Waals surface area contributed by atoms with Crippen LogP contribution in [-0.4, -0.2) is 26.5 Å². The van der Waals surface area contributed by atoms with Crippen molar-refractivity contribution in [2.24, 2.45) is 0 Å². The number of nitrogens with zero attached hydrogens (tertiary/aromatic N) is 3. The minimum atomic E-state index is -0.554. The molecule has 4 aromatic rings. The Labute approximate surface area is 175 Å². The zero-order chi connectivity index (χ0) is 21.1. The van der Waals surface area contributed by atoms with Crippen molar-refractivity contribution >= 4 is 34.2 Å². The standard InChI is InChI=1S/C21H18N4O4S/c1-29-16-9-7-15(8-10-16)22-18(26)12-24-17-13-30-23-19(17)20(27)25(21(24)28)11-14-5-3-2-4-6-14/h2-10,13H,11-12H2,1H3,(H,22,26). The Kier molecular flexibility index (Phi) is 5.44. The Morgan fingerprint density at radius 3 is 2.50 bits per heavy atom. The molecular weight excluding hydrogens is 404 g/mol. The van der Waals surface area contributed by atoms with Gasteiger partial charge in [-0.2, -0.15) is 4.37 Å². The van der Waals surface area contributed by atoms with E-state index < -0.39 is 11.2 Å². The number of anilines is 1. The van der Waals surface area contributed by atoms with Gasteiger partial charge in [0.05, 0.1) is 19.2 Å². The third-order valence-corrected chi connectivity index (χ3v) is 5.23. The van der Waals surface area contributed by atoms with E-state index in [1.54, 1.807) is 36.8 Å². The Hall–Kier alpha value is -3.72. The highest BCUT2D eigenvalue weighted by molar-refractivity contribution is 7.04. The molecule has 4 rings (SSSR count). The van der Waals surface area contributed by atoms with Crippen molar-refractivity contribution in [2.45, 2.75) is 13.1 Å². The summed E-state index contributed by atoms with van der Waals surface area (Å²) in [5.74, 6) is 0.280. The first-order valence-corrected chi connectivity index (χ1v) is 9.96. The lowest BCUT2D eigenvalue weighted by atomic mass is 10.2. The van der Waals surface area contributed by atoms with Gasteiger partial charge in [0.2, 0.25) is 5.91 Å². The molecule has 9 heteroatoms. The van der Waals surface area contributed by atoms with Gasteiger partial charge in [-0.1, -0.05) is 30.3 Å². The largest absolute Gasteiger partial charge is 0.497 e. The number of carbonyl (C=O) groups is 1. The molecule has 0 aliphatic heterocycles. The highest BCUT2D eigenvalue weighted by Crippen LogP contribution is 2.15. The molecule has 0 aliphatic rings. The number of fused-ring (bicyclic) bond motifs is 1. The van der Waals surface area contributed by atoms with E-state index in [4.69, 9.17) is 4.74 Å². The van der Waals surface area contributed by atoms with Crippen LogP contribution in [0.25, 0.3) is 11.0 Å². The highest BCUT2D eigenvalue weighted by Gasteiger charge is 2.17. The quantitative estimate of drug-likeness (QED) is 0.515. The van der Waals surface area contributed by atoms with Gasteiger partial charge in [-0.3, -0.25) is 18.7 Å². The second-order valence-corrected chi connectivity index (χ2v) is 7.20. The molecular formula is C21H18N4O4S. The number of benzene rings is 2. The molecule has 0 saturated carbocycles. The number of ether oxygens (including phenoxy) is 1. The van der Waals surface area contributed by atoms with Gasteiger partial charge < -0.3 is 10.1 Å². The third kappa shape index (κ3) is 3.87. The first kappa shape index (κ1) is 19.6. The van der Waals surface area contributed by atoms with Gasteiger partial charge in [-0.15, -0.1) is 0 Å². The maximum Gasteiger partial charge on any atom is 0.332 e. The van der Waals surface area contributed by atoms with Gasteiger partial charge >= 0.3 is 5.69 Å². The fraction of sp³-hybridized carbons (Fsp3) is 0.143. The fourth-order valence-electron chi connectivity index (χ4n) is 3.11. The number of amides is 1. The summed E-state index contributed by atoms with van der Waals surface area (Å²) in [6.07, 6.45) is 0. The first-order chi connectivity index (χ1) is 14.6. The van der Waals surface area contributed by atoms with E-state index in [9.17, 15) is 14.4 Å². The summed E-state index contributed by atoms with van der Waals surface area (Å²) in [6.45, 7) is -0.138. The van der Waals surface area contributed by atoms with Crippen LogP contribution in [0.1, 0.15) is 5.56 Å². The van der Waals surface area contributed by atoms with Gasteiger partial charge in [0.25, 0.3) is 5.56 Å². The number of carbonyl (C=O) groups excluding carboxylic acids is 1. The molecule has 1 N–H and O–H groups in total. The normalized spacial score (nSPS) is 10.8. The van der Waals surface area contributed by atoms with Crippen LogP contribution >= 0.6 is 11.5 Å². The topological polar surface area (TPSA) is 95.2 Å². The molecule has 2 heterocycles. The third-order valence-electron chi connectivity index (χ3n) is 4.61. The Balaban J connectivity index is 1.67. The lowest BCUT2D eigenvalue weighted by molar-refractivity contribution is -0.116. The van der Waals surface area contributed by atoms with Crippen LogP contribution in [-0.2, 0) is 17.9 Å². The Morgan fingerprint density at radius 1 is 1.07 bits per heavy atom. The Morgan fingerprint density at radius 2 is 1.80 bits per heavy atom. The van der Waals surface area contributed by atoms with Crippen molar-refractivity contribution in [3.8, 4) is 5.75 Å². The van der Waals surface area contributed by atoms with Crippen molar-refractivity contribution in [3.05, 3.63) is 86.4 Å². The van der Waals surface area contributed by atoms with Gasteiger partial charge in [0.1, 0.15) is 12.3 Å². The first-order valence-electron chi connectivity index (χ1n) is 9.12. The second kappa shape index (κ2) is 8.34. The van der Waals surface area contributed by atoms with Crippen molar-refractivity contribution in [3.63, 3.8) is 0 Å². The smallest absolute Gasteiger partial charge is 0.332 e. The summed E-state index contributed by atoms with van der Waals surface area (Å²) < 4.78 is 11.6. The van der Waals surface area contributed by atoms with E-state index >= 15 is 0 Å². The summed E-state index contributed by atoms with van der Waals surface area (Å²) in [6, 6.07) is 16.1. The fourth-order valence-corrected chi connectivity index (χ4v) is 3.78. The van der Waals surface area contributed by atoms with Crippen LogP contribution in [0.2, 0.25) is 0 Å². The van der Waals surface area contributed by atoms with Crippen molar-refractivity contribution in [1.82, 2.24) is 13.5 Å². The summed E-state index contributed by atoms with van der Waals surface area (Å²) in [5.41, 5.74) is 0.886. The molecule has 0 atom stereocenters. The summed E-state index contributed by atoms with van der Waals surface area (Å²) in [5, 5.41) is 4.35. The minimum absolute atomic E-state index is 0.103. The molecule has 2 aromatic carbocycles. The number of hydrogen-bond acceptors (Lipinski definition) is 6. The number of nitrogens with one attached hydrogen (secondary N) is 1. The van der Waals surface area contributed by atoms with Crippen molar-refractivity contribution in [2.75, 3.05) is 12.4 Å². The van der Waals surface area contributed by atoms with E-state index in [1.807, 2.05) is 30.3 Å². The molecule has 1 amide bonds. The van der Waals surface area contributed by atoms with Gasteiger partial charge in [0.15, 0.2) is 5.52 Å². The van der Waals surface area contributed by atoms with Crippen LogP contribution in [0.15, 0.2) is 69.6 Å². The monoisotopic (exact) mass is 422 g/mol. The van der Waals surface area contributed by atoms with Crippen LogP contribution in [0.4, 0.5) is 5.69 Å². The number of hydrogen-bond donors (Lipinski definition) is 1. The zero-order valence-corrected chi connectivity index (χ0v) is 16.9. The second-order valence-electron chi connectivity index (χ2n) is 6.57. The van der Waals surface area contributed by atoms with Crippen molar-refractivity contribution < 1.29 is 9.53 Å². The Bertz CT molecular complexity index is 1310. The number of rotatable bonds is 6. The molecule has 0 saturated heterocycles. The van der Waals surface area contributed by atoms with Crippen LogP contribution in [0, 0.1) is 0 Å². The number of aromatic nitrogens is 3. The predicted molar refractivity (Wildman–Crippen MR) is 115 cm³/mol. The molecule has 0 aliphatic carbocycles. The summed E-state index contributed by atoms with van der Waals surface area (Å²) >= 11 is 1.07. The van der Waals surface area contributed by atoms with E-state index in [2.05, 4.69) is 9.69 Å². The average molecular weight is 422 g/mol. The number of methoxy groups -OCH3 is 1. The predicted octanol–water partition coefficient (Wildman–Crippen LogP) is 2.32. The lowest BCUT2D eigenvalue weighted by Gasteiger charge is -2.12. The molecule has 30 heavy (non-hydrogen) atoms. The average Bonchev–Trinajstić information content (AvgIpc) is 3.25. The summed E-state index contributed by atoms with van der Waals surface area (Å²) in [7, 11) is 1.56. The van der Waals surface area contributed by atoms with E-state index in [0.29, 0.717) is 17.0 Å². The molecule has 8 nitrogen and oxygen atoms in total. The molecule has 0 unspecified atom stereocenters. The maximum absolute atomic E-state index is 13.1. The van der Waals surface area contributed by atoms with Crippen LogP contribution < -0.4 is 21.3 Å². The van der Waals surface area contributed by atoms with Crippen LogP contribution in [0.3, 0.4) is 0 Å². The van der Waals surface area contributed by atoms with Gasteiger partial charge in [0, 0.05) is 11.1 Å². The van der Waals surface area contributed by atoms with E-state index in [0.717, 1.165) is 21.7 Å². The molecule has 0 fully saturated rings. The van der Waals surface area contributed by atoms with E-state index in [-0.39, 0.29) is 24.5 Å². The van der Waals surface area contributed by atoms with E-state index in [1.165, 1.54) is 4.57 Å². The minimum Gasteiger partial charge on any atom is -0.497 e. The highest BCUT2D eigenvalue weighted by atomic mass is 32.1. The van der Waals surface area contributed by atoms with Gasteiger partial charge in [-0.25, -0.2) is 4.79 Å². The van der Waals surface area contributed by atoms with Gasteiger partial charge in [-0.05, 0) is 41.4 Å². The SMILES string of the molecule is COc1ccc(NC(=O)Cn2c(=O)n(Cc3ccccc3)c(=O)c3nscc32)cc1. The van der Waals surface area contributed by atoms with Crippen LogP contribution in [0.5, 0.6) is 5.75 Å². The van der Waals surface area contributed by atoms with Crippen molar-refractivity contribution in [1.29, 1.82) is 0 Å². The molecule has 0 radical (unpaired) electrons.